The van der Waals surface area contributed by atoms with Crippen LogP contribution in [0.5, 0.6) is 0 Å². The Morgan fingerprint density at radius 1 is 1.00 bits per heavy atom. The normalized spacial score (nSPS) is 15.7. The van der Waals surface area contributed by atoms with Crippen molar-refractivity contribution >= 4 is 0 Å². The van der Waals surface area contributed by atoms with Gasteiger partial charge in [-0.15, -0.1) is 0 Å². The molecule has 0 aliphatic heterocycles. The van der Waals surface area contributed by atoms with Crippen molar-refractivity contribution in [2.24, 2.45) is 22.9 Å². The second-order valence-corrected chi connectivity index (χ2v) is 3.21. The molecule has 0 amide bonds. The second-order valence-electron chi connectivity index (χ2n) is 3.21. The predicted molar refractivity (Wildman–Crippen MR) is 54.1 cm³/mol. The van der Waals surface area contributed by atoms with Crippen molar-refractivity contribution in [3.8, 4) is 0 Å². The molecule has 0 aromatic heterocycles. The van der Waals surface area contributed by atoms with Gasteiger partial charge in [0.05, 0.1) is 6.61 Å². The average Bonchev–Trinajstić information content (AvgIpc) is 2.16. The lowest BCUT2D eigenvalue weighted by Crippen LogP contribution is -2.34. The zero-order valence-corrected chi connectivity index (χ0v) is 8.11. The fraction of sp³-hybridized carbons (Fsp3) is 1.00. The molecule has 2 unspecified atom stereocenters. The molecule has 0 saturated heterocycles. The molecule has 5 nitrogen and oxygen atoms in total. The Bertz CT molecular complexity index is 100. The Morgan fingerprint density at radius 2 is 1.62 bits per heavy atom. The molecule has 0 heterocycles. The highest BCUT2D eigenvalue weighted by molar-refractivity contribution is 4.62. The molecule has 80 valence electrons. The molecule has 0 radical (unpaired) electrons. The molecule has 0 aliphatic rings. The molecular formula is C8H22N4O. The van der Waals surface area contributed by atoms with Gasteiger partial charge in [-0.1, -0.05) is 0 Å². The van der Waals surface area contributed by atoms with Crippen molar-refractivity contribution in [1.82, 2.24) is 0 Å². The number of hydrogen-bond acceptors (Lipinski definition) is 5. The summed E-state index contributed by atoms with van der Waals surface area (Å²) in [4.78, 5) is 0. The maximum absolute atomic E-state index is 5.62. The van der Waals surface area contributed by atoms with Crippen molar-refractivity contribution < 1.29 is 4.74 Å². The van der Waals surface area contributed by atoms with Crippen LogP contribution in [0.3, 0.4) is 0 Å². The monoisotopic (exact) mass is 190 g/mol. The Balaban J connectivity index is 3.08. The van der Waals surface area contributed by atoms with Crippen molar-refractivity contribution in [2.75, 3.05) is 26.3 Å². The first-order valence-electron chi connectivity index (χ1n) is 4.69. The fourth-order valence-corrected chi connectivity index (χ4v) is 0.868. The van der Waals surface area contributed by atoms with E-state index in [1.807, 2.05) is 0 Å². The summed E-state index contributed by atoms with van der Waals surface area (Å²) in [5.74, 6) is 0. The first-order chi connectivity index (χ1) is 6.20. The molecule has 0 aromatic rings. The lowest BCUT2D eigenvalue weighted by Gasteiger charge is -2.11. The van der Waals surface area contributed by atoms with E-state index in [0.29, 0.717) is 26.3 Å². The van der Waals surface area contributed by atoms with Crippen LogP contribution in [0.15, 0.2) is 0 Å². The van der Waals surface area contributed by atoms with Crippen LogP contribution in [0.4, 0.5) is 0 Å². The summed E-state index contributed by atoms with van der Waals surface area (Å²) in [6, 6.07) is 0.0370. The molecule has 8 N–H and O–H groups in total. The van der Waals surface area contributed by atoms with Gasteiger partial charge >= 0.3 is 0 Å². The minimum absolute atomic E-state index is 0.0526. The molecule has 2 atom stereocenters. The van der Waals surface area contributed by atoms with Crippen LogP contribution in [0.2, 0.25) is 0 Å². The average molecular weight is 190 g/mol. The van der Waals surface area contributed by atoms with Crippen LogP contribution in [0, 0.1) is 0 Å². The summed E-state index contributed by atoms with van der Waals surface area (Å²) in [6.45, 7) is 2.19. The predicted octanol–water partition coefficient (Wildman–Crippen LogP) is -1.64. The highest BCUT2D eigenvalue weighted by atomic mass is 16.5. The van der Waals surface area contributed by atoms with E-state index in [4.69, 9.17) is 27.7 Å². The van der Waals surface area contributed by atoms with Crippen molar-refractivity contribution in [2.45, 2.75) is 24.9 Å². The molecule has 0 aromatic carbocycles. The molecule has 0 fully saturated rings. The minimum atomic E-state index is -0.0526. The highest BCUT2D eigenvalue weighted by Crippen LogP contribution is 1.93. The van der Waals surface area contributed by atoms with Crippen molar-refractivity contribution in [3.05, 3.63) is 0 Å². The van der Waals surface area contributed by atoms with Gasteiger partial charge in [-0.25, -0.2) is 0 Å². The third-order valence-corrected chi connectivity index (χ3v) is 1.80. The van der Waals surface area contributed by atoms with Crippen LogP contribution >= 0.6 is 0 Å². The van der Waals surface area contributed by atoms with E-state index < -0.39 is 0 Å². The van der Waals surface area contributed by atoms with Crippen LogP contribution in [-0.4, -0.2) is 38.4 Å². The SMILES string of the molecule is NCC(N)CCCOCC(N)CN. The van der Waals surface area contributed by atoms with Gasteiger partial charge < -0.3 is 27.7 Å². The van der Waals surface area contributed by atoms with E-state index in [0.717, 1.165) is 12.8 Å². The van der Waals surface area contributed by atoms with E-state index in [9.17, 15) is 0 Å². The highest BCUT2D eigenvalue weighted by Gasteiger charge is 2.00. The van der Waals surface area contributed by atoms with Gasteiger partial charge in [0, 0.05) is 31.8 Å². The standard InChI is InChI=1S/C8H22N4O/c9-4-7(11)2-1-3-13-6-8(12)5-10/h7-8H,1-6,9-12H2. The first-order valence-corrected chi connectivity index (χ1v) is 4.69. The van der Waals surface area contributed by atoms with Gasteiger partial charge in [-0.3, -0.25) is 0 Å². The summed E-state index contributed by atoms with van der Waals surface area (Å²) in [5, 5.41) is 0. The van der Waals surface area contributed by atoms with E-state index >= 15 is 0 Å². The summed E-state index contributed by atoms with van der Waals surface area (Å²) < 4.78 is 5.28. The third-order valence-electron chi connectivity index (χ3n) is 1.80. The zero-order chi connectivity index (χ0) is 10.1. The zero-order valence-electron chi connectivity index (χ0n) is 8.11. The summed E-state index contributed by atoms with van der Waals surface area (Å²) >= 11 is 0. The third kappa shape index (κ3) is 8.14. The maximum atomic E-state index is 5.62. The molecular weight excluding hydrogens is 168 g/mol. The molecule has 0 saturated carbocycles. The van der Waals surface area contributed by atoms with E-state index in [1.165, 1.54) is 0 Å². The first kappa shape index (κ1) is 12.8. The van der Waals surface area contributed by atoms with Gasteiger partial charge in [0.2, 0.25) is 0 Å². The van der Waals surface area contributed by atoms with Gasteiger partial charge in [0.15, 0.2) is 0 Å². The maximum Gasteiger partial charge on any atom is 0.0629 e. The number of ether oxygens (including phenoxy) is 1. The van der Waals surface area contributed by atoms with E-state index in [1.54, 1.807) is 0 Å². The Labute approximate surface area is 79.8 Å². The summed E-state index contributed by atoms with van der Waals surface area (Å²) in [5.41, 5.74) is 21.8. The van der Waals surface area contributed by atoms with Gasteiger partial charge in [-0.05, 0) is 12.8 Å². The van der Waals surface area contributed by atoms with Crippen LogP contribution in [-0.2, 0) is 4.74 Å². The minimum Gasteiger partial charge on any atom is -0.380 e. The Kier molecular flexibility index (Phi) is 8.27. The van der Waals surface area contributed by atoms with Gasteiger partial charge in [0.25, 0.3) is 0 Å². The fourth-order valence-electron chi connectivity index (χ4n) is 0.868. The van der Waals surface area contributed by atoms with Crippen LogP contribution < -0.4 is 22.9 Å². The molecule has 0 bridgehead atoms. The number of rotatable bonds is 8. The quantitative estimate of drug-likeness (QED) is 0.343. The van der Waals surface area contributed by atoms with Crippen molar-refractivity contribution in [3.63, 3.8) is 0 Å². The molecule has 0 rings (SSSR count). The topological polar surface area (TPSA) is 113 Å². The smallest absolute Gasteiger partial charge is 0.0629 e. The second kappa shape index (κ2) is 8.40. The molecule has 0 aliphatic carbocycles. The van der Waals surface area contributed by atoms with Gasteiger partial charge in [0.1, 0.15) is 0 Å². The van der Waals surface area contributed by atoms with Crippen molar-refractivity contribution in [1.29, 1.82) is 0 Å². The van der Waals surface area contributed by atoms with E-state index in [-0.39, 0.29) is 12.1 Å². The Morgan fingerprint density at radius 3 is 2.15 bits per heavy atom. The number of hydrogen-bond donors (Lipinski definition) is 4. The van der Waals surface area contributed by atoms with Crippen LogP contribution in [0.1, 0.15) is 12.8 Å². The lowest BCUT2D eigenvalue weighted by atomic mass is 10.2. The molecule has 5 heteroatoms. The van der Waals surface area contributed by atoms with E-state index in [2.05, 4.69) is 0 Å². The molecule has 13 heavy (non-hydrogen) atoms. The summed E-state index contributed by atoms with van der Waals surface area (Å²) in [7, 11) is 0. The molecule has 0 spiro atoms. The lowest BCUT2D eigenvalue weighted by molar-refractivity contribution is 0.118. The Hall–Kier alpha value is -0.200. The van der Waals surface area contributed by atoms with Gasteiger partial charge in [-0.2, -0.15) is 0 Å². The van der Waals surface area contributed by atoms with Crippen LogP contribution in [0.25, 0.3) is 0 Å². The largest absolute Gasteiger partial charge is 0.380 e. The summed E-state index contributed by atoms with van der Waals surface area (Å²) in [6.07, 6.45) is 1.82. The number of nitrogens with two attached hydrogens (primary N) is 4.